The van der Waals surface area contributed by atoms with Crippen LogP contribution in [0.25, 0.3) is 0 Å². The molecule has 0 spiro atoms. The number of imidazole rings is 1. The third-order valence-corrected chi connectivity index (χ3v) is 2.06. The van der Waals surface area contributed by atoms with Gasteiger partial charge in [-0.3, -0.25) is 0 Å². The molecule has 1 aromatic heterocycles. The van der Waals surface area contributed by atoms with E-state index < -0.39 is 11.8 Å². The van der Waals surface area contributed by atoms with Gasteiger partial charge in [0.25, 0.3) is 0 Å². The van der Waals surface area contributed by atoms with Crippen molar-refractivity contribution in [2.75, 3.05) is 0 Å². The summed E-state index contributed by atoms with van der Waals surface area (Å²) in [5.41, 5.74) is -0.0304. The van der Waals surface area contributed by atoms with Crippen molar-refractivity contribution in [2.45, 2.75) is 6.61 Å². The Balaban J connectivity index is 2.02. The maximum atomic E-state index is 13.2. The monoisotopic (exact) mass is 236 g/mol. The van der Waals surface area contributed by atoms with Gasteiger partial charge in [-0.15, -0.1) is 0 Å². The molecule has 1 heterocycles. The fraction of sp³-hybridized carbons (Fsp3) is 0.0909. The molecule has 0 radical (unpaired) electrons. The van der Waals surface area contributed by atoms with E-state index in [0.29, 0.717) is 5.82 Å². The molecule has 2 rings (SSSR count). The Morgan fingerprint density at radius 3 is 2.88 bits per heavy atom. The Morgan fingerprint density at radius 1 is 1.47 bits per heavy atom. The van der Waals surface area contributed by atoms with E-state index in [9.17, 15) is 9.18 Å². The molecular formula is C11H9FN2O3. The molecule has 88 valence electrons. The molecule has 0 aliphatic carbocycles. The fourth-order valence-electron chi connectivity index (χ4n) is 1.25. The van der Waals surface area contributed by atoms with Gasteiger partial charge in [0.2, 0.25) is 0 Å². The van der Waals surface area contributed by atoms with Gasteiger partial charge in [-0.2, -0.15) is 0 Å². The van der Waals surface area contributed by atoms with E-state index >= 15 is 0 Å². The first kappa shape index (κ1) is 11.1. The number of aromatic carboxylic acids is 1. The van der Waals surface area contributed by atoms with E-state index in [4.69, 9.17) is 9.84 Å². The van der Waals surface area contributed by atoms with Crippen LogP contribution in [-0.4, -0.2) is 21.0 Å². The number of carboxylic acid groups (broad SMARTS) is 1. The Kier molecular flexibility index (Phi) is 3.04. The highest BCUT2D eigenvalue weighted by Gasteiger charge is 2.08. The number of hydrogen-bond donors (Lipinski definition) is 2. The van der Waals surface area contributed by atoms with Gasteiger partial charge in [0.15, 0.2) is 11.6 Å². The van der Waals surface area contributed by atoms with Crippen molar-refractivity contribution in [3.05, 3.63) is 47.8 Å². The molecule has 0 atom stereocenters. The zero-order chi connectivity index (χ0) is 12.3. The van der Waals surface area contributed by atoms with E-state index in [2.05, 4.69) is 9.97 Å². The number of H-pyrrole nitrogens is 1. The summed E-state index contributed by atoms with van der Waals surface area (Å²) >= 11 is 0. The number of rotatable bonds is 4. The lowest BCUT2D eigenvalue weighted by Gasteiger charge is -2.04. The largest absolute Gasteiger partial charge is 0.483 e. The number of aromatic nitrogens is 2. The quantitative estimate of drug-likeness (QED) is 0.849. The SMILES string of the molecule is O=C(O)c1cnc(COc2ccccc2F)[nH]1. The molecule has 5 nitrogen and oxygen atoms in total. The first-order valence-electron chi connectivity index (χ1n) is 4.81. The molecule has 2 N–H and O–H groups in total. The van der Waals surface area contributed by atoms with Crippen LogP contribution in [0.4, 0.5) is 4.39 Å². The van der Waals surface area contributed by atoms with Gasteiger partial charge in [0.1, 0.15) is 18.1 Å². The number of benzene rings is 1. The number of nitrogens with one attached hydrogen (secondary N) is 1. The highest BCUT2D eigenvalue weighted by atomic mass is 19.1. The lowest BCUT2D eigenvalue weighted by atomic mass is 10.3. The van der Waals surface area contributed by atoms with E-state index in [1.165, 1.54) is 18.3 Å². The number of nitrogens with zero attached hydrogens (tertiary/aromatic N) is 1. The average molecular weight is 236 g/mol. The minimum absolute atomic E-state index is 0.0196. The van der Waals surface area contributed by atoms with Crippen molar-refractivity contribution in [1.29, 1.82) is 0 Å². The van der Waals surface area contributed by atoms with Gasteiger partial charge in [-0.1, -0.05) is 12.1 Å². The maximum absolute atomic E-state index is 13.2. The average Bonchev–Trinajstić information content (AvgIpc) is 2.77. The molecule has 6 heteroatoms. The Labute approximate surface area is 95.9 Å². The van der Waals surface area contributed by atoms with E-state index in [1.54, 1.807) is 12.1 Å². The Hall–Kier alpha value is -2.37. The van der Waals surface area contributed by atoms with Crippen LogP contribution in [0, 0.1) is 5.82 Å². The van der Waals surface area contributed by atoms with Crippen LogP contribution in [0.2, 0.25) is 0 Å². The summed E-state index contributed by atoms with van der Waals surface area (Å²) in [7, 11) is 0. The summed E-state index contributed by atoms with van der Waals surface area (Å²) in [4.78, 5) is 16.9. The molecule has 0 saturated carbocycles. The molecule has 0 bridgehead atoms. The molecule has 0 amide bonds. The third kappa shape index (κ3) is 2.60. The first-order chi connectivity index (χ1) is 8.16. The number of para-hydroxylation sites is 1. The zero-order valence-corrected chi connectivity index (χ0v) is 8.68. The van der Waals surface area contributed by atoms with Gasteiger partial charge in [-0.25, -0.2) is 14.2 Å². The Morgan fingerprint density at radius 2 is 2.24 bits per heavy atom. The second-order valence-corrected chi connectivity index (χ2v) is 3.27. The van der Waals surface area contributed by atoms with E-state index in [0.717, 1.165) is 0 Å². The number of ether oxygens (including phenoxy) is 1. The number of carbonyl (C=O) groups is 1. The fourth-order valence-corrected chi connectivity index (χ4v) is 1.25. The minimum atomic E-state index is -1.10. The van der Waals surface area contributed by atoms with Crippen molar-refractivity contribution >= 4 is 5.97 Å². The summed E-state index contributed by atoms with van der Waals surface area (Å²) in [5.74, 6) is -1.15. The topological polar surface area (TPSA) is 75.2 Å². The zero-order valence-electron chi connectivity index (χ0n) is 8.68. The van der Waals surface area contributed by atoms with E-state index in [-0.39, 0.29) is 18.1 Å². The molecule has 1 aromatic carbocycles. The molecule has 0 saturated heterocycles. The number of hydrogen-bond acceptors (Lipinski definition) is 3. The number of aromatic amines is 1. The molecule has 2 aromatic rings. The highest BCUT2D eigenvalue weighted by Crippen LogP contribution is 2.16. The lowest BCUT2D eigenvalue weighted by Crippen LogP contribution is -2.01. The van der Waals surface area contributed by atoms with Crippen molar-refractivity contribution in [3.8, 4) is 5.75 Å². The second-order valence-electron chi connectivity index (χ2n) is 3.27. The summed E-state index contributed by atoms with van der Waals surface area (Å²) < 4.78 is 18.3. The predicted octanol–water partition coefficient (Wildman–Crippen LogP) is 1.83. The van der Waals surface area contributed by atoms with Gasteiger partial charge in [0, 0.05) is 0 Å². The van der Waals surface area contributed by atoms with E-state index in [1.807, 2.05) is 0 Å². The van der Waals surface area contributed by atoms with Crippen LogP contribution in [0.1, 0.15) is 16.3 Å². The van der Waals surface area contributed by atoms with Gasteiger partial charge < -0.3 is 14.8 Å². The van der Waals surface area contributed by atoms with Crippen LogP contribution in [0.5, 0.6) is 5.75 Å². The van der Waals surface area contributed by atoms with Crippen LogP contribution < -0.4 is 4.74 Å². The van der Waals surface area contributed by atoms with Crippen molar-refractivity contribution < 1.29 is 19.0 Å². The standard InChI is InChI=1S/C11H9FN2O3/c12-7-3-1-2-4-9(7)17-6-10-13-5-8(14-10)11(15)16/h1-5H,6H2,(H,13,14)(H,15,16). The van der Waals surface area contributed by atoms with Gasteiger partial charge in [0.05, 0.1) is 6.20 Å². The lowest BCUT2D eigenvalue weighted by molar-refractivity contribution is 0.0691. The molecule has 0 unspecified atom stereocenters. The van der Waals surface area contributed by atoms with Crippen molar-refractivity contribution in [1.82, 2.24) is 9.97 Å². The number of halogens is 1. The molecule has 0 aliphatic heterocycles. The van der Waals surface area contributed by atoms with Crippen LogP contribution in [-0.2, 0) is 6.61 Å². The normalized spacial score (nSPS) is 10.2. The second kappa shape index (κ2) is 4.65. The number of carboxylic acids is 1. The summed E-state index contributed by atoms with van der Waals surface area (Å²) in [6.07, 6.45) is 1.18. The van der Waals surface area contributed by atoms with Gasteiger partial charge in [-0.05, 0) is 12.1 Å². The predicted molar refractivity (Wildman–Crippen MR) is 56.3 cm³/mol. The maximum Gasteiger partial charge on any atom is 0.353 e. The Bertz CT molecular complexity index is 539. The van der Waals surface area contributed by atoms with Crippen molar-refractivity contribution in [3.63, 3.8) is 0 Å². The molecule has 0 fully saturated rings. The third-order valence-electron chi connectivity index (χ3n) is 2.06. The van der Waals surface area contributed by atoms with Crippen LogP contribution in [0.15, 0.2) is 30.5 Å². The summed E-state index contributed by atoms with van der Waals surface area (Å²) in [6, 6.07) is 5.96. The summed E-state index contributed by atoms with van der Waals surface area (Å²) in [6.45, 7) is -0.0196. The molecular weight excluding hydrogens is 227 g/mol. The molecule has 17 heavy (non-hydrogen) atoms. The molecule has 0 aliphatic rings. The van der Waals surface area contributed by atoms with Gasteiger partial charge >= 0.3 is 5.97 Å². The highest BCUT2D eigenvalue weighted by molar-refractivity contribution is 5.84. The summed E-state index contributed by atoms with van der Waals surface area (Å²) in [5, 5.41) is 8.66. The van der Waals surface area contributed by atoms with Crippen LogP contribution >= 0.6 is 0 Å². The van der Waals surface area contributed by atoms with Crippen molar-refractivity contribution in [2.24, 2.45) is 0 Å². The van der Waals surface area contributed by atoms with Crippen LogP contribution in [0.3, 0.4) is 0 Å². The smallest absolute Gasteiger partial charge is 0.353 e. The minimum Gasteiger partial charge on any atom is -0.483 e. The first-order valence-corrected chi connectivity index (χ1v) is 4.81.